The van der Waals surface area contributed by atoms with Crippen molar-refractivity contribution in [3.05, 3.63) is 5.21 Å². The third-order valence-corrected chi connectivity index (χ3v) is 7.43. The lowest BCUT2D eigenvalue weighted by molar-refractivity contribution is -0.881. The molecule has 0 aromatic heterocycles. The van der Waals surface area contributed by atoms with E-state index in [1.807, 2.05) is 0 Å². The maximum Gasteiger partial charge on any atom is 0.102 e. The average Bonchev–Trinajstić information content (AvgIpc) is 2.82. The molecule has 0 bridgehead atoms. The minimum atomic E-state index is -0.438. The summed E-state index contributed by atoms with van der Waals surface area (Å²) in [5, 5.41) is 30.4. The Morgan fingerprint density at radius 3 is 0.853 bits per heavy atom. The molecule has 206 valence electrons. The normalized spacial score (nSPS) is 12.0. The first kappa shape index (κ1) is 33.8. The van der Waals surface area contributed by atoms with Crippen LogP contribution in [0.2, 0.25) is 0 Å². The monoisotopic (exact) mass is 485 g/mol. The Hall–Kier alpha value is -0.160. The Morgan fingerprint density at radius 2 is 0.618 bits per heavy atom. The smallest absolute Gasteiger partial charge is 0.102 e. The van der Waals surface area contributed by atoms with Gasteiger partial charge in [0.25, 0.3) is 0 Å². The number of hydroxylamine groups is 3. The van der Waals surface area contributed by atoms with Crippen LogP contribution in [0.3, 0.4) is 0 Å². The maximum atomic E-state index is 12.3. The fourth-order valence-electron chi connectivity index (χ4n) is 5.06. The molecular formula is C30H63NO3. The lowest BCUT2D eigenvalue weighted by Gasteiger charge is -2.42. The van der Waals surface area contributed by atoms with Crippen molar-refractivity contribution in [1.82, 2.24) is 0 Å². The van der Waals surface area contributed by atoms with Crippen molar-refractivity contribution >= 4 is 0 Å². The number of aliphatic hydroxyl groups is 2. The van der Waals surface area contributed by atoms with Gasteiger partial charge in [0.05, 0.1) is 19.8 Å². The molecule has 0 saturated carbocycles. The molecule has 0 aromatic rings. The SMILES string of the molecule is CCCCCCCCCCCCCCCCCCCCCCCCCC[N+]([O-])(CCO)CCO. The minimum Gasteiger partial charge on any atom is -0.633 e. The lowest BCUT2D eigenvalue weighted by Crippen LogP contribution is -2.47. The molecule has 0 aliphatic rings. The second-order valence-electron chi connectivity index (χ2n) is 10.8. The van der Waals surface area contributed by atoms with Gasteiger partial charge in [0.15, 0.2) is 0 Å². The zero-order valence-electron chi connectivity index (χ0n) is 23.3. The van der Waals surface area contributed by atoms with Crippen molar-refractivity contribution in [3.63, 3.8) is 0 Å². The minimum absolute atomic E-state index is 0.0943. The van der Waals surface area contributed by atoms with E-state index in [1.54, 1.807) is 0 Å². The van der Waals surface area contributed by atoms with Crippen LogP contribution in [0.1, 0.15) is 161 Å². The molecule has 0 aliphatic heterocycles. The number of quaternary nitrogens is 1. The molecule has 34 heavy (non-hydrogen) atoms. The first-order chi connectivity index (χ1) is 16.7. The highest BCUT2D eigenvalue weighted by Gasteiger charge is 2.14. The van der Waals surface area contributed by atoms with Gasteiger partial charge in [0.1, 0.15) is 13.1 Å². The van der Waals surface area contributed by atoms with E-state index < -0.39 is 4.65 Å². The third-order valence-electron chi connectivity index (χ3n) is 7.43. The third kappa shape index (κ3) is 24.9. The molecule has 0 aromatic carbocycles. The molecule has 0 rings (SSSR count). The molecule has 0 aliphatic carbocycles. The van der Waals surface area contributed by atoms with Gasteiger partial charge in [-0.1, -0.05) is 148 Å². The van der Waals surface area contributed by atoms with Gasteiger partial charge in [0.2, 0.25) is 0 Å². The van der Waals surface area contributed by atoms with Crippen molar-refractivity contribution in [2.75, 3.05) is 32.8 Å². The van der Waals surface area contributed by atoms with Crippen LogP contribution in [0.4, 0.5) is 0 Å². The first-order valence-corrected chi connectivity index (χ1v) is 15.5. The molecule has 0 saturated heterocycles. The second kappa shape index (κ2) is 27.4. The number of hydrogen-bond donors (Lipinski definition) is 2. The van der Waals surface area contributed by atoms with E-state index in [-0.39, 0.29) is 26.3 Å². The quantitative estimate of drug-likeness (QED) is 0.0632. The largest absolute Gasteiger partial charge is 0.633 e. The average molecular weight is 486 g/mol. The van der Waals surface area contributed by atoms with Crippen LogP contribution in [-0.2, 0) is 0 Å². The molecule has 0 unspecified atom stereocenters. The number of hydrogen-bond acceptors (Lipinski definition) is 3. The standard InChI is InChI=1S/C30H63NO3/c1-2-3-4-5-6-7-8-9-10-11-12-13-14-15-16-17-18-19-20-21-22-23-24-25-26-31(34,27-29-32)28-30-33/h32-33H,2-30H2,1H3. The summed E-state index contributed by atoms with van der Waals surface area (Å²) in [5.74, 6) is 0. The van der Waals surface area contributed by atoms with Crippen LogP contribution in [0, 0.1) is 5.21 Å². The van der Waals surface area contributed by atoms with Crippen LogP contribution in [0.5, 0.6) is 0 Å². The van der Waals surface area contributed by atoms with E-state index >= 15 is 0 Å². The molecule has 4 nitrogen and oxygen atoms in total. The Balaban J connectivity index is 3.18. The predicted octanol–water partition coefficient (Wildman–Crippen LogP) is 8.67. The summed E-state index contributed by atoms with van der Waals surface area (Å²) in [6.45, 7) is 3.05. The van der Waals surface area contributed by atoms with Gasteiger partial charge in [0, 0.05) is 0 Å². The number of aliphatic hydroxyl groups excluding tert-OH is 2. The van der Waals surface area contributed by atoms with Gasteiger partial charge < -0.3 is 20.1 Å². The number of rotatable bonds is 29. The van der Waals surface area contributed by atoms with E-state index in [9.17, 15) is 5.21 Å². The Labute approximate surface area is 214 Å². The van der Waals surface area contributed by atoms with Crippen molar-refractivity contribution in [2.24, 2.45) is 0 Å². The summed E-state index contributed by atoms with van der Waals surface area (Å²) in [6.07, 6.45) is 33.0. The first-order valence-electron chi connectivity index (χ1n) is 15.5. The van der Waals surface area contributed by atoms with Gasteiger partial charge in [-0.3, -0.25) is 0 Å². The summed E-state index contributed by atoms with van der Waals surface area (Å²) in [5.41, 5.74) is 0. The maximum absolute atomic E-state index is 12.3. The van der Waals surface area contributed by atoms with E-state index in [0.29, 0.717) is 6.54 Å². The molecule has 4 heteroatoms. The van der Waals surface area contributed by atoms with Crippen LogP contribution >= 0.6 is 0 Å². The van der Waals surface area contributed by atoms with Gasteiger partial charge >= 0.3 is 0 Å². The molecule has 0 spiro atoms. The van der Waals surface area contributed by atoms with Crippen molar-refractivity contribution < 1.29 is 14.9 Å². The molecule has 0 heterocycles. The fourth-order valence-corrected chi connectivity index (χ4v) is 5.06. The van der Waals surface area contributed by atoms with E-state index in [1.165, 1.54) is 141 Å². The van der Waals surface area contributed by atoms with Gasteiger partial charge in [-0.2, -0.15) is 0 Å². The summed E-state index contributed by atoms with van der Waals surface area (Å²) in [4.78, 5) is 0. The Kier molecular flexibility index (Phi) is 27.3. The molecule has 0 radical (unpaired) electrons. The molecular weight excluding hydrogens is 422 g/mol. The highest BCUT2D eigenvalue weighted by atomic mass is 16.5. The summed E-state index contributed by atoms with van der Waals surface area (Å²) in [6, 6.07) is 0. The number of nitrogens with zero attached hydrogens (tertiary/aromatic N) is 1. The van der Waals surface area contributed by atoms with Crippen LogP contribution < -0.4 is 0 Å². The Morgan fingerprint density at radius 1 is 0.382 bits per heavy atom. The van der Waals surface area contributed by atoms with Crippen LogP contribution in [0.15, 0.2) is 0 Å². The van der Waals surface area contributed by atoms with E-state index in [0.717, 1.165) is 12.8 Å². The van der Waals surface area contributed by atoms with Crippen molar-refractivity contribution in [1.29, 1.82) is 0 Å². The number of unbranched alkanes of at least 4 members (excludes halogenated alkanes) is 23. The van der Waals surface area contributed by atoms with E-state index in [4.69, 9.17) is 10.2 Å². The highest BCUT2D eigenvalue weighted by molar-refractivity contribution is 4.52. The van der Waals surface area contributed by atoms with Crippen molar-refractivity contribution in [2.45, 2.75) is 161 Å². The van der Waals surface area contributed by atoms with Crippen LogP contribution in [-0.4, -0.2) is 47.7 Å². The molecule has 0 fully saturated rings. The summed E-state index contributed by atoms with van der Waals surface area (Å²) in [7, 11) is 0. The van der Waals surface area contributed by atoms with Gasteiger partial charge in [-0.25, -0.2) is 0 Å². The zero-order valence-corrected chi connectivity index (χ0v) is 23.3. The second-order valence-corrected chi connectivity index (χ2v) is 10.8. The topological polar surface area (TPSA) is 63.5 Å². The highest BCUT2D eigenvalue weighted by Crippen LogP contribution is 2.16. The zero-order chi connectivity index (χ0) is 25.0. The predicted molar refractivity (Wildman–Crippen MR) is 149 cm³/mol. The van der Waals surface area contributed by atoms with Crippen LogP contribution in [0.25, 0.3) is 0 Å². The molecule has 2 N–H and O–H groups in total. The Bertz CT molecular complexity index is 372. The van der Waals surface area contributed by atoms with E-state index in [2.05, 4.69) is 6.92 Å². The fraction of sp³-hybridized carbons (Fsp3) is 1.00. The molecule has 0 atom stereocenters. The van der Waals surface area contributed by atoms with Gasteiger partial charge in [-0.15, -0.1) is 0 Å². The van der Waals surface area contributed by atoms with Gasteiger partial charge in [-0.05, 0) is 12.8 Å². The lowest BCUT2D eigenvalue weighted by atomic mass is 10.0. The van der Waals surface area contributed by atoms with Crippen molar-refractivity contribution in [3.8, 4) is 0 Å². The summed E-state index contributed by atoms with van der Waals surface area (Å²) >= 11 is 0. The summed E-state index contributed by atoms with van der Waals surface area (Å²) < 4.78 is -0.438. The molecule has 0 amide bonds.